The Balaban J connectivity index is 2.35. The quantitative estimate of drug-likeness (QED) is 0.541. The lowest BCUT2D eigenvalue weighted by atomic mass is 9.95. The zero-order valence-corrected chi connectivity index (χ0v) is 11.2. The highest BCUT2D eigenvalue weighted by Crippen LogP contribution is 2.18. The minimum absolute atomic E-state index is 0.195. The van der Waals surface area contributed by atoms with E-state index in [1.54, 1.807) is 12.2 Å². The van der Waals surface area contributed by atoms with Crippen LogP contribution < -0.4 is 0 Å². The first-order valence-electron chi connectivity index (χ1n) is 6.59. The van der Waals surface area contributed by atoms with Crippen LogP contribution >= 0.6 is 0 Å². The van der Waals surface area contributed by atoms with Crippen molar-refractivity contribution in [2.45, 2.75) is 32.6 Å². The van der Waals surface area contributed by atoms with Crippen LogP contribution in [0.2, 0.25) is 0 Å². The van der Waals surface area contributed by atoms with E-state index in [9.17, 15) is 9.59 Å². The molecule has 1 N–H and O–H groups in total. The number of carboxylic acids is 1. The van der Waals surface area contributed by atoms with Gasteiger partial charge in [-0.05, 0) is 31.1 Å². The molecule has 0 saturated heterocycles. The van der Waals surface area contributed by atoms with Gasteiger partial charge in [-0.1, -0.05) is 25.8 Å². The Hall–Kier alpha value is -1.84. The van der Waals surface area contributed by atoms with Gasteiger partial charge in [0.05, 0.1) is 6.61 Å². The second-order valence-electron chi connectivity index (χ2n) is 4.44. The van der Waals surface area contributed by atoms with E-state index in [0.717, 1.165) is 37.2 Å². The first kappa shape index (κ1) is 15.2. The summed E-state index contributed by atoms with van der Waals surface area (Å²) < 4.78 is 5.56. The maximum Gasteiger partial charge on any atom is 0.328 e. The molecule has 0 radical (unpaired) electrons. The van der Waals surface area contributed by atoms with Crippen molar-refractivity contribution in [3.63, 3.8) is 0 Å². The molecule has 0 aromatic rings. The summed E-state index contributed by atoms with van der Waals surface area (Å²) in [6, 6.07) is 0. The molecule has 1 aliphatic rings. The molecule has 1 rings (SSSR count). The van der Waals surface area contributed by atoms with E-state index in [-0.39, 0.29) is 11.7 Å². The van der Waals surface area contributed by atoms with Crippen molar-refractivity contribution in [3.8, 4) is 0 Å². The summed E-state index contributed by atoms with van der Waals surface area (Å²) in [5.41, 5.74) is 0. The number of hydrogen-bond acceptors (Lipinski definition) is 3. The number of ketones is 1. The molecule has 0 amide bonds. The van der Waals surface area contributed by atoms with E-state index in [1.165, 1.54) is 0 Å². The number of carbonyl (C=O) groups excluding carboxylic acids is 1. The third-order valence-corrected chi connectivity index (χ3v) is 2.84. The van der Waals surface area contributed by atoms with Gasteiger partial charge < -0.3 is 9.84 Å². The average molecular weight is 264 g/mol. The zero-order chi connectivity index (χ0) is 14.1. The lowest BCUT2D eigenvalue weighted by molar-refractivity contribution is -0.131. The number of unbranched alkanes of at least 4 members (excludes halogenated alkanes) is 2. The average Bonchev–Trinajstić information content (AvgIpc) is 2.41. The van der Waals surface area contributed by atoms with E-state index in [0.29, 0.717) is 13.0 Å². The van der Waals surface area contributed by atoms with Crippen molar-refractivity contribution in [1.82, 2.24) is 0 Å². The third-order valence-electron chi connectivity index (χ3n) is 2.84. The van der Waals surface area contributed by atoms with E-state index in [1.807, 2.05) is 6.08 Å². The fourth-order valence-electron chi connectivity index (χ4n) is 1.74. The summed E-state index contributed by atoms with van der Waals surface area (Å²) >= 11 is 0. The molecule has 0 bridgehead atoms. The Morgan fingerprint density at radius 2 is 2.21 bits per heavy atom. The molecular weight excluding hydrogens is 244 g/mol. The molecule has 1 atom stereocenters. The molecule has 104 valence electrons. The lowest BCUT2D eigenvalue weighted by Crippen LogP contribution is -2.12. The summed E-state index contributed by atoms with van der Waals surface area (Å²) in [6.45, 7) is 2.84. The predicted octanol–water partition coefficient (Wildman–Crippen LogP) is 2.86. The van der Waals surface area contributed by atoms with E-state index in [4.69, 9.17) is 9.84 Å². The van der Waals surface area contributed by atoms with Crippen LogP contribution in [-0.4, -0.2) is 23.5 Å². The molecule has 0 heterocycles. The Kier molecular flexibility index (Phi) is 6.64. The van der Waals surface area contributed by atoms with Crippen molar-refractivity contribution in [2.75, 3.05) is 6.61 Å². The molecule has 0 spiro atoms. The molecule has 0 saturated carbocycles. The first-order chi connectivity index (χ1) is 9.13. The van der Waals surface area contributed by atoms with Crippen LogP contribution in [0.1, 0.15) is 32.6 Å². The minimum atomic E-state index is -1.11. The van der Waals surface area contributed by atoms with Gasteiger partial charge >= 0.3 is 5.97 Å². The van der Waals surface area contributed by atoms with Crippen LogP contribution in [0, 0.1) is 5.92 Å². The van der Waals surface area contributed by atoms with Gasteiger partial charge in [0, 0.05) is 12.0 Å². The summed E-state index contributed by atoms with van der Waals surface area (Å²) in [5, 5.41) is 8.45. The van der Waals surface area contributed by atoms with Gasteiger partial charge in [0.2, 0.25) is 0 Å². The first-order valence-corrected chi connectivity index (χ1v) is 6.59. The molecule has 0 aromatic heterocycles. The van der Waals surface area contributed by atoms with Gasteiger partial charge in [-0.15, -0.1) is 0 Å². The van der Waals surface area contributed by atoms with Crippen molar-refractivity contribution < 1.29 is 19.4 Å². The summed E-state index contributed by atoms with van der Waals surface area (Å²) in [5.74, 6) is -0.787. The van der Waals surface area contributed by atoms with Gasteiger partial charge in [-0.3, -0.25) is 4.79 Å². The molecule has 19 heavy (non-hydrogen) atoms. The maximum absolute atomic E-state index is 11.6. The molecule has 4 heteroatoms. The third kappa shape index (κ3) is 6.04. The van der Waals surface area contributed by atoms with Gasteiger partial charge in [0.1, 0.15) is 5.76 Å². The van der Waals surface area contributed by atoms with E-state index in [2.05, 4.69) is 6.92 Å². The normalized spacial score (nSPS) is 18.4. The molecule has 1 aliphatic carbocycles. The Labute approximate surface area is 113 Å². The van der Waals surface area contributed by atoms with Crippen LogP contribution in [0.15, 0.2) is 36.1 Å². The van der Waals surface area contributed by atoms with E-state index < -0.39 is 5.97 Å². The van der Waals surface area contributed by atoms with Gasteiger partial charge in [0.25, 0.3) is 0 Å². The summed E-state index contributed by atoms with van der Waals surface area (Å²) in [6.07, 6.45) is 11.3. The number of aliphatic carboxylic acids is 1. The number of ether oxygens (including phenoxy) is 1. The van der Waals surface area contributed by atoms with Crippen LogP contribution in [0.5, 0.6) is 0 Å². The molecule has 0 fully saturated rings. The number of hydrogen-bond donors (Lipinski definition) is 1. The highest BCUT2D eigenvalue weighted by Gasteiger charge is 2.15. The number of carbonyl (C=O) groups is 2. The lowest BCUT2D eigenvalue weighted by Gasteiger charge is -2.14. The molecule has 4 nitrogen and oxygen atoms in total. The molecule has 0 aromatic carbocycles. The fraction of sp³-hybridized carbons (Fsp3) is 0.467. The SMILES string of the molecule is CCCCCOC1=CCC(C(=O)/C=C/C(=O)O)C=C1. The second-order valence-corrected chi connectivity index (χ2v) is 4.44. The maximum atomic E-state index is 11.6. The smallest absolute Gasteiger partial charge is 0.328 e. The van der Waals surface area contributed by atoms with Crippen LogP contribution in [0.4, 0.5) is 0 Å². The van der Waals surface area contributed by atoms with Crippen molar-refractivity contribution in [3.05, 3.63) is 36.1 Å². The van der Waals surface area contributed by atoms with Gasteiger partial charge in [-0.25, -0.2) is 4.79 Å². The van der Waals surface area contributed by atoms with Crippen LogP contribution in [-0.2, 0) is 14.3 Å². The van der Waals surface area contributed by atoms with Crippen molar-refractivity contribution in [1.29, 1.82) is 0 Å². The highest BCUT2D eigenvalue weighted by molar-refractivity contribution is 5.97. The molecular formula is C15H20O4. The molecule has 0 aliphatic heterocycles. The topological polar surface area (TPSA) is 63.6 Å². The van der Waals surface area contributed by atoms with Crippen molar-refractivity contribution in [2.24, 2.45) is 5.92 Å². The Morgan fingerprint density at radius 3 is 2.79 bits per heavy atom. The van der Waals surface area contributed by atoms with Crippen LogP contribution in [0.3, 0.4) is 0 Å². The number of allylic oxidation sites excluding steroid dienone is 4. The standard InChI is InChI=1S/C15H20O4/c1-2-3-4-11-19-13-7-5-12(6-8-13)14(16)9-10-15(17)18/h5,7-10,12H,2-4,6,11H2,1H3,(H,17,18)/b10-9+. The van der Waals surface area contributed by atoms with Crippen molar-refractivity contribution >= 4 is 11.8 Å². The molecule has 1 unspecified atom stereocenters. The predicted molar refractivity (Wildman–Crippen MR) is 72.6 cm³/mol. The Morgan fingerprint density at radius 1 is 1.42 bits per heavy atom. The van der Waals surface area contributed by atoms with Gasteiger partial charge in [0.15, 0.2) is 5.78 Å². The summed E-state index contributed by atoms with van der Waals surface area (Å²) in [4.78, 5) is 22.0. The van der Waals surface area contributed by atoms with E-state index >= 15 is 0 Å². The fourth-order valence-corrected chi connectivity index (χ4v) is 1.74. The zero-order valence-electron chi connectivity index (χ0n) is 11.2. The number of carboxylic acid groups (broad SMARTS) is 1. The highest BCUT2D eigenvalue weighted by atomic mass is 16.5. The monoisotopic (exact) mass is 264 g/mol. The van der Waals surface area contributed by atoms with Gasteiger partial charge in [-0.2, -0.15) is 0 Å². The second kappa shape index (κ2) is 8.29. The minimum Gasteiger partial charge on any atom is -0.494 e. The Bertz CT molecular complexity index is 404. The largest absolute Gasteiger partial charge is 0.494 e. The summed E-state index contributed by atoms with van der Waals surface area (Å²) in [7, 11) is 0. The number of rotatable bonds is 8. The van der Waals surface area contributed by atoms with Crippen LogP contribution in [0.25, 0.3) is 0 Å².